The zero-order valence-corrected chi connectivity index (χ0v) is 13.1. The van der Waals surface area contributed by atoms with E-state index in [1.165, 1.54) is 19.2 Å². The number of aromatic carboxylic acids is 1. The van der Waals surface area contributed by atoms with Crippen LogP contribution < -0.4 is 9.47 Å². The molecule has 0 saturated carbocycles. The molecule has 0 spiro atoms. The number of rotatable bonds is 5. The number of carboxylic acids is 1. The molecule has 1 heterocycles. The van der Waals surface area contributed by atoms with E-state index in [4.69, 9.17) is 25.8 Å². The van der Waals surface area contributed by atoms with E-state index in [9.17, 15) is 9.90 Å². The third kappa shape index (κ3) is 3.80. The van der Waals surface area contributed by atoms with Gasteiger partial charge in [0.25, 0.3) is 0 Å². The van der Waals surface area contributed by atoms with Crippen molar-refractivity contribution in [1.82, 2.24) is 0 Å². The molecule has 1 saturated heterocycles. The molecule has 2 rings (SSSR count). The first-order valence-electron chi connectivity index (χ1n) is 6.74. The summed E-state index contributed by atoms with van der Waals surface area (Å²) in [5.74, 6) is -0.627. The molecule has 1 aliphatic heterocycles. The molecule has 21 heavy (non-hydrogen) atoms. The zero-order valence-electron chi connectivity index (χ0n) is 12.3. The third-order valence-corrected chi connectivity index (χ3v) is 3.66. The Labute approximate surface area is 128 Å². The topological polar surface area (TPSA) is 65.0 Å². The average Bonchev–Trinajstić information content (AvgIpc) is 2.75. The fourth-order valence-corrected chi connectivity index (χ4v) is 2.61. The largest absolute Gasteiger partial charge is 0.493 e. The Morgan fingerprint density at radius 2 is 2.24 bits per heavy atom. The SMILES string of the molecule is COc1cc(Cl)cc(C(=O)O)c1OCC1CCC(C)(C)O1. The van der Waals surface area contributed by atoms with Gasteiger partial charge in [-0.1, -0.05) is 11.6 Å². The molecule has 1 aromatic carbocycles. The van der Waals surface area contributed by atoms with Crippen LogP contribution in [0.25, 0.3) is 0 Å². The highest BCUT2D eigenvalue weighted by atomic mass is 35.5. The summed E-state index contributed by atoms with van der Waals surface area (Å²) >= 11 is 5.89. The molecule has 0 radical (unpaired) electrons. The molecule has 6 heteroatoms. The lowest BCUT2D eigenvalue weighted by Gasteiger charge is -2.20. The van der Waals surface area contributed by atoms with Crippen LogP contribution >= 0.6 is 11.6 Å². The van der Waals surface area contributed by atoms with Gasteiger partial charge in [0, 0.05) is 11.1 Å². The summed E-state index contributed by atoms with van der Waals surface area (Å²) in [5, 5.41) is 9.55. The molecule has 1 N–H and O–H groups in total. The molecule has 1 fully saturated rings. The van der Waals surface area contributed by atoms with Gasteiger partial charge in [0.1, 0.15) is 12.2 Å². The maximum atomic E-state index is 11.3. The number of benzene rings is 1. The van der Waals surface area contributed by atoms with Crippen molar-refractivity contribution >= 4 is 17.6 Å². The summed E-state index contributed by atoms with van der Waals surface area (Å²) in [7, 11) is 1.44. The minimum absolute atomic E-state index is 0.0170. The van der Waals surface area contributed by atoms with Gasteiger partial charge in [-0.15, -0.1) is 0 Å². The lowest BCUT2D eigenvalue weighted by Crippen LogP contribution is -2.24. The Hall–Kier alpha value is -1.46. The van der Waals surface area contributed by atoms with Crippen LogP contribution in [0.2, 0.25) is 5.02 Å². The van der Waals surface area contributed by atoms with Crippen molar-refractivity contribution in [3.8, 4) is 11.5 Å². The van der Waals surface area contributed by atoms with Gasteiger partial charge in [-0.25, -0.2) is 4.79 Å². The number of hydrogen-bond donors (Lipinski definition) is 1. The molecule has 0 aliphatic carbocycles. The molecular formula is C15H19ClO5. The fourth-order valence-electron chi connectivity index (χ4n) is 2.40. The summed E-state index contributed by atoms with van der Waals surface area (Å²) in [6.07, 6.45) is 1.78. The van der Waals surface area contributed by atoms with E-state index in [1.807, 2.05) is 13.8 Å². The quantitative estimate of drug-likeness (QED) is 0.902. The Bertz CT molecular complexity index is 541. The van der Waals surface area contributed by atoms with Gasteiger partial charge in [-0.05, 0) is 32.8 Å². The van der Waals surface area contributed by atoms with E-state index in [0.717, 1.165) is 12.8 Å². The Morgan fingerprint density at radius 3 is 2.76 bits per heavy atom. The minimum Gasteiger partial charge on any atom is -0.493 e. The first kappa shape index (κ1) is 15.9. The molecule has 0 amide bonds. The lowest BCUT2D eigenvalue weighted by molar-refractivity contribution is -0.0330. The lowest BCUT2D eigenvalue weighted by atomic mass is 10.1. The second-order valence-electron chi connectivity index (χ2n) is 5.64. The van der Waals surface area contributed by atoms with Gasteiger partial charge in [0.05, 0.1) is 18.8 Å². The maximum absolute atomic E-state index is 11.3. The standard InChI is InChI=1S/C15H19ClO5/c1-15(2)5-4-10(21-15)8-20-13-11(14(17)18)6-9(16)7-12(13)19-3/h6-7,10H,4-5,8H2,1-3H3,(H,17,18). The molecule has 1 unspecified atom stereocenters. The first-order chi connectivity index (χ1) is 9.82. The second-order valence-corrected chi connectivity index (χ2v) is 6.08. The second kappa shape index (κ2) is 6.12. The van der Waals surface area contributed by atoms with Crippen molar-refractivity contribution in [2.75, 3.05) is 13.7 Å². The number of ether oxygens (including phenoxy) is 3. The average molecular weight is 315 g/mol. The third-order valence-electron chi connectivity index (χ3n) is 3.44. The summed E-state index contributed by atoms with van der Waals surface area (Å²) < 4.78 is 16.7. The molecule has 0 aromatic heterocycles. The maximum Gasteiger partial charge on any atom is 0.339 e. The summed E-state index contributed by atoms with van der Waals surface area (Å²) in [6, 6.07) is 2.88. The molecule has 5 nitrogen and oxygen atoms in total. The van der Waals surface area contributed by atoms with Crippen LogP contribution in [0.4, 0.5) is 0 Å². The van der Waals surface area contributed by atoms with E-state index in [1.54, 1.807) is 0 Å². The van der Waals surface area contributed by atoms with Crippen LogP contribution in [-0.2, 0) is 4.74 Å². The van der Waals surface area contributed by atoms with Crippen molar-refractivity contribution in [3.63, 3.8) is 0 Å². The molecule has 116 valence electrons. The van der Waals surface area contributed by atoms with Gasteiger partial charge in [-0.3, -0.25) is 0 Å². The molecule has 0 bridgehead atoms. The molecular weight excluding hydrogens is 296 g/mol. The van der Waals surface area contributed by atoms with E-state index in [-0.39, 0.29) is 34.6 Å². The van der Waals surface area contributed by atoms with Crippen molar-refractivity contribution in [2.45, 2.75) is 38.4 Å². The van der Waals surface area contributed by atoms with Crippen molar-refractivity contribution < 1.29 is 24.1 Å². The van der Waals surface area contributed by atoms with E-state index < -0.39 is 5.97 Å². The van der Waals surface area contributed by atoms with Crippen LogP contribution in [0.15, 0.2) is 12.1 Å². The van der Waals surface area contributed by atoms with Crippen LogP contribution in [-0.4, -0.2) is 36.5 Å². The minimum atomic E-state index is -1.11. The Balaban J connectivity index is 2.17. The Morgan fingerprint density at radius 1 is 1.52 bits per heavy atom. The predicted octanol–water partition coefficient (Wildman–Crippen LogP) is 3.38. The number of halogens is 1. The van der Waals surface area contributed by atoms with Crippen molar-refractivity contribution in [2.24, 2.45) is 0 Å². The summed E-state index contributed by atoms with van der Waals surface area (Å²) in [5.41, 5.74) is -0.176. The van der Waals surface area contributed by atoms with E-state index in [0.29, 0.717) is 5.75 Å². The van der Waals surface area contributed by atoms with Gasteiger partial charge >= 0.3 is 5.97 Å². The predicted molar refractivity (Wildman–Crippen MR) is 78.6 cm³/mol. The van der Waals surface area contributed by atoms with Crippen LogP contribution in [0.5, 0.6) is 11.5 Å². The number of hydrogen-bond acceptors (Lipinski definition) is 4. The molecule has 1 aliphatic rings. The highest BCUT2D eigenvalue weighted by Gasteiger charge is 2.32. The molecule has 1 atom stereocenters. The normalized spacial score (nSPS) is 20.3. The number of carboxylic acid groups (broad SMARTS) is 1. The number of methoxy groups -OCH3 is 1. The van der Waals surface area contributed by atoms with E-state index >= 15 is 0 Å². The van der Waals surface area contributed by atoms with Crippen molar-refractivity contribution in [3.05, 3.63) is 22.7 Å². The van der Waals surface area contributed by atoms with Crippen LogP contribution in [0.1, 0.15) is 37.0 Å². The van der Waals surface area contributed by atoms with Gasteiger partial charge in [-0.2, -0.15) is 0 Å². The van der Waals surface area contributed by atoms with Crippen molar-refractivity contribution in [1.29, 1.82) is 0 Å². The molecule has 1 aromatic rings. The van der Waals surface area contributed by atoms with Crippen LogP contribution in [0.3, 0.4) is 0 Å². The zero-order chi connectivity index (χ0) is 15.6. The fraction of sp³-hybridized carbons (Fsp3) is 0.533. The Kier molecular flexibility index (Phi) is 4.64. The van der Waals surface area contributed by atoms with Gasteiger partial charge in [0.15, 0.2) is 11.5 Å². The monoisotopic (exact) mass is 314 g/mol. The van der Waals surface area contributed by atoms with Gasteiger partial charge < -0.3 is 19.3 Å². The smallest absolute Gasteiger partial charge is 0.339 e. The van der Waals surface area contributed by atoms with E-state index in [2.05, 4.69) is 0 Å². The highest BCUT2D eigenvalue weighted by molar-refractivity contribution is 6.31. The highest BCUT2D eigenvalue weighted by Crippen LogP contribution is 2.36. The number of carbonyl (C=O) groups is 1. The first-order valence-corrected chi connectivity index (χ1v) is 7.11. The van der Waals surface area contributed by atoms with Gasteiger partial charge in [0.2, 0.25) is 0 Å². The summed E-state index contributed by atoms with van der Waals surface area (Å²) in [6.45, 7) is 4.33. The summed E-state index contributed by atoms with van der Waals surface area (Å²) in [4.78, 5) is 11.3. The van der Waals surface area contributed by atoms with Crippen LogP contribution in [0, 0.1) is 0 Å².